The highest BCUT2D eigenvalue weighted by molar-refractivity contribution is 7.22. The lowest BCUT2D eigenvalue weighted by atomic mass is 10.1. The van der Waals surface area contributed by atoms with Gasteiger partial charge in [-0.25, -0.2) is 4.98 Å². The van der Waals surface area contributed by atoms with Crippen LogP contribution in [-0.2, 0) is 13.0 Å². The molecule has 0 bridgehead atoms. The van der Waals surface area contributed by atoms with Crippen molar-refractivity contribution in [1.29, 1.82) is 0 Å². The third kappa shape index (κ3) is 4.33. The van der Waals surface area contributed by atoms with Crippen molar-refractivity contribution in [2.45, 2.75) is 26.8 Å². The van der Waals surface area contributed by atoms with Crippen molar-refractivity contribution < 1.29 is 9.53 Å². The number of hydrogen-bond acceptors (Lipinski definition) is 5. The molecular formula is C24H23N3O2S. The van der Waals surface area contributed by atoms with Gasteiger partial charge in [0.25, 0.3) is 5.91 Å². The number of rotatable bonds is 7. The lowest BCUT2D eigenvalue weighted by Gasteiger charge is -2.20. The zero-order valence-electron chi connectivity index (χ0n) is 17.0. The smallest absolute Gasteiger partial charge is 0.260 e. The number of ether oxygens (including phenoxy) is 1. The van der Waals surface area contributed by atoms with Crippen molar-refractivity contribution in [2.75, 3.05) is 11.5 Å². The molecule has 0 fully saturated rings. The summed E-state index contributed by atoms with van der Waals surface area (Å²) in [5.74, 6) is 0.650. The number of fused-ring (bicyclic) bond motifs is 1. The van der Waals surface area contributed by atoms with E-state index in [-0.39, 0.29) is 5.91 Å². The number of anilines is 1. The lowest BCUT2D eigenvalue weighted by molar-refractivity contribution is 0.0985. The fourth-order valence-corrected chi connectivity index (χ4v) is 4.24. The third-order valence-corrected chi connectivity index (χ3v) is 5.84. The highest BCUT2D eigenvalue weighted by atomic mass is 32.1. The molecule has 2 aromatic heterocycles. The summed E-state index contributed by atoms with van der Waals surface area (Å²) in [5, 5.41) is 0.681. The highest BCUT2D eigenvalue weighted by Crippen LogP contribution is 2.31. The van der Waals surface area contributed by atoms with Crippen molar-refractivity contribution in [3.05, 3.63) is 83.7 Å². The van der Waals surface area contributed by atoms with E-state index < -0.39 is 0 Å². The number of hydrogen-bond donors (Lipinski definition) is 0. The summed E-state index contributed by atoms with van der Waals surface area (Å²) in [6, 6.07) is 17.4. The minimum Gasteiger partial charge on any atom is -0.494 e. The van der Waals surface area contributed by atoms with E-state index in [4.69, 9.17) is 9.72 Å². The molecular weight excluding hydrogens is 394 g/mol. The van der Waals surface area contributed by atoms with Crippen LogP contribution in [0.1, 0.15) is 35.3 Å². The molecule has 6 heteroatoms. The van der Waals surface area contributed by atoms with Gasteiger partial charge in [-0.05, 0) is 66.9 Å². The molecule has 0 saturated heterocycles. The van der Waals surface area contributed by atoms with Crippen LogP contribution in [0.3, 0.4) is 0 Å². The number of carbonyl (C=O) groups is 1. The van der Waals surface area contributed by atoms with Crippen LogP contribution >= 0.6 is 11.3 Å². The number of aromatic nitrogens is 2. The van der Waals surface area contributed by atoms with Gasteiger partial charge in [0.05, 0.1) is 23.4 Å². The molecule has 0 saturated carbocycles. The second kappa shape index (κ2) is 9.05. The minimum atomic E-state index is -0.100. The quantitative estimate of drug-likeness (QED) is 0.398. The summed E-state index contributed by atoms with van der Waals surface area (Å²) in [4.78, 5) is 24.1. The number of pyridine rings is 1. The van der Waals surface area contributed by atoms with Gasteiger partial charge in [0.2, 0.25) is 0 Å². The molecule has 0 aliphatic heterocycles. The summed E-state index contributed by atoms with van der Waals surface area (Å²) in [6.45, 7) is 5.06. The average molecular weight is 418 g/mol. The number of aryl methyl sites for hydroxylation is 1. The Bertz CT molecular complexity index is 1140. The van der Waals surface area contributed by atoms with Crippen LogP contribution in [0.5, 0.6) is 5.75 Å². The Kier molecular flexibility index (Phi) is 6.05. The van der Waals surface area contributed by atoms with Gasteiger partial charge < -0.3 is 4.74 Å². The van der Waals surface area contributed by atoms with Gasteiger partial charge in [0, 0.05) is 18.0 Å². The maximum atomic E-state index is 13.5. The first kappa shape index (κ1) is 20.0. The Labute approximate surface area is 180 Å². The second-order valence-corrected chi connectivity index (χ2v) is 7.87. The highest BCUT2D eigenvalue weighted by Gasteiger charge is 2.22. The standard InChI is InChI=1S/C24H23N3O2S/c1-3-17-7-12-21-22(14-17)30-24(26-21)27(16-18-6-5-13-25-15-18)23(28)19-8-10-20(11-9-19)29-4-2/h5-15H,3-4,16H2,1-2H3. The monoisotopic (exact) mass is 417 g/mol. The van der Waals surface area contributed by atoms with E-state index in [1.54, 1.807) is 29.4 Å². The fraction of sp³-hybridized carbons (Fsp3) is 0.208. The minimum absolute atomic E-state index is 0.100. The molecule has 0 unspecified atom stereocenters. The number of carbonyl (C=O) groups excluding carboxylic acids is 1. The van der Waals surface area contributed by atoms with E-state index in [0.717, 1.165) is 28.0 Å². The molecule has 30 heavy (non-hydrogen) atoms. The van der Waals surface area contributed by atoms with E-state index in [0.29, 0.717) is 23.8 Å². The van der Waals surface area contributed by atoms with Gasteiger partial charge in [-0.1, -0.05) is 30.4 Å². The van der Waals surface area contributed by atoms with Gasteiger partial charge in [-0.3, -0.25) is 14.7 Å². The van der Waals surface area contributed by atoms with Crippen LogP contribution in [-0.4, -0.2) is 22.5 Å². The summed E-state index contributed by atoms with van der Waals surface area (Å²) in [5.41, 5.74) is 3.71. The van der Waals surface area contributed by atoms with Crippen molar-refractivity contribution in [2.24, 2.45) is 0 Å². The maximum Gasteiger partial charge on any atom is 0.260 e. The normalized spacial score (nSPS) is 10.9. The molecule has 0 aliphatic rings. The van der Waals surface area contributed by atoms with Crippen LogP contribution in [0.25, 0.3) is 10.2 Å². The van der Waals surface area contributed by atoms with Crippen molar-refractivity contribution in [3.63, 3.8) is 0 Å². The van der Waals surface area contributed by atoms with Gasteiger partial charge in [0.1, 0.15) is 5.75 Å². The summed E-state index contributed by atoms with van der Waals surface area (Å²) < 4.78 is 6.58. The molecule has 2 aromatic carbocycles. The van der Waals surface area contributed by atoms with Gasteiger partial charge in [-0.2, -0.15) is 0 Å². The van der Waals surface area contributed by atoms with E-state index >= 15 is 0 Å². The average Bonchev–Trinajstić information content (AvgIpc) is 3.21. The Morgan fingerprint density at radius 3 is 2.60 bits per heavy atom. The first-order chi connectivity index (χ1) is 14.7. The van der Waals surface area contributed by atoms with Gasteiger partial charge in [-0.15, -0.1) is 0 Å². The molecule has 152 valence electrons. The molecule has 0 N–H and O–H groups in total. The molecule has 4 aromatic rings. The Morgan fingerprint density at radius 2 is 1.90 bits per heavy atom. The second-order valence-electron chi connectivity index (χ2n) is 6.86. The first-order valence-corrected chi connectivity index (χ1v) is 10.8. The molecule has 0 spiro atoms. The zero-order valence-corrected chi connectivity index (χ0v) is 17.9. The predicted molar refractivity (Wildman–Crippen MR) is 121 cm³/mol. The van der Waals surface area contributed by atoms with Gasteiger partial charge >= 0.3 is 0 Å². The molecule has 0 aliphatic carbocycles. The van der Waals surface area contributed by atoms with Crippen molar-refractivity contribution in [1.82, 2.24) is 9.97 Å². The summed E-state index contributed by atoms with van der Waals surface area (Å²) >= 11 is 1.54. The van der Waals surface area contributed by atoms with Crippen LogP contribution in [0, 0.1) is 0 Å². The number of nitrogens with zero attached hydrogens (tertiary/aromatic N) is 3. The van der Waals surface area contributed by atoms with E-state index in [9.17, 15) is 4.79 Å². The van der Waals surface area contributed by atoms with Crippen molar-refractivity contribution in [3.8, 4) is 5.75 Å². The first-order valence-electron chi connectivity index (χ1n) is 10.0. The number of amides is 1. The fourth-order valence-electron chi connectivity index (χ4n) is 3.21. The van der Waals surface area contributed by atoms with Crippen molar-refractivity contribution >= 4 is 32.6 Å². The SMILES string of the molecule is CCOc1ccc(C(=O)N(Cc2cccnc2)c2nc3ccc(CC)cc3s2)cc1. The topological polar surface area (TPSA) is 55.3 Å². The molecule has 1 amide bonds. The Balaban J connectivity index is 1.71. The third-order valence-electron chi connectivity index (χ3n) is 4.80. The lowest BCUT2D eigenvalue weighted by Crippen LogP contribution is -2.30. The van der Waals surface area contributed by atoms with Crippen LogP contribution in [0.15, 0.2) is 67.0 Å². The van der Waals surface area contributed by atoms with E-state index in [1.165, 1.54) is 16.9 Å². The number of benzene rings is 2. The molecule has 4 rings (SSSR count). The van der Waals surface area contributed by atoms with E-state index in [1.807, 2.05) is 37.3 Å². The molecule has 2 heterocycles. The molecule has 0 radical (unpaired) electrons. The van der Waals surface area contributed by atoms with Crippen LogP contribution in [0.2, 0.25) is 0 Å². The van der Waals surface area contributed by atoms with Crippen LogP contribution in [0.4, 0.5) is 5.13 Å². The summed E-state index contributed by atoms with van der Waals surface area (Å²) in [7, 11) is 0. The Morgan fingerprint density at radius 1 is 1.07 bits per heavy atom. The van der Waals surface area contributed by atoms with Crippen LogP contribution < -0.4 is 9.64 Å². The zero-order chi connectivity index (χ0) is 20.9. The maximum absolute atomic E-state index is 13.5. The Hall–Kier alpha value is -3.25. The predicted octanol–water partition coefficient (Wildman–Crippen LogP) is 5.50. The summed E-state index contributed by atoms with van der Waals surface area (Å²) in [6.07, 6.45) is 4.47. The molecule has 5 nitrogen and oxygen atoms in total. The largest absolute Gasteiger partial charge is 0.494 e. The van der Waals surface area contributed by atoms with E-state index in [2.05, 4.69) is 24.0 Å². The number of thiazole rings is 1. The molecule has 0 atom stereocenters. The van der Waals surface area contributed by atoms with Gasteiger partial charge in [0.15, 0.2) is 5.13 Å².